The maximum Gasteiger partial charge on any atom is 0.123 e. The molecule has 0 bridgehead atoms. The van der Waals surface area contributed by atoms with Crippen LogP contribution in [0.15, 0.2) is 42.6 Å². The predicted molar refractivity (Wildman–Crippen MR) is 75.1 cm³/mol. The molecular weight excluding hydrogens is 259 g/mol. The highest BCUT2D eigenvalue weighted by atomic mass is 35.5. The van der Waals surface area contributed by atoms with Gasteiger partial charge < -0.3 is 10.5 Å². The van der Waals surface area contributed by atoms with Gasteiger partial charge in [-0.05, 0) is 29.8 Å². The maximum absolute atomic E-state index is 5.52. The van der Waals surface area contributed by atoms with Crippen LogP contribution in [0, 0.1) is 0 Å². The summed E-state index contributed by atoms with van der Waals surface area (Å²) in [6.45, 7) is 0. The summed E-state index contributed by atoms with van der Waals surface area (Å²) in [4.78, 5) is 4.04. The first-order valence-corrected chi connectivity index (χ1v) is 4.65. The zero-order chi connectivity index (χ0) is 10.7. The Morgan fingerprint density at radius 3 is 2.00 bits per heavy atom. The summed E-state index contributed by atoms with van der Waals surface area (Å²) in [6.07, 6.45) is 1.76. The molecule has 1 aromatic carbocycles. The normalized spacial score (nSPS) is 8.76. The third kappa shape index (κ3) is 3.80. The number of anilines is 1. The van der Waals surface area contributed by atoms with Crippen LogP contribution < -0.4 is 10.5 Å². The molecule has 0 amide bonds. The Morgan fingerprint density at radius 2 is 1.53 bits per heavy atom. The Labute approximate surface area is 113 Å². The van der Waals surface area contributed by atoms with Gasteiger partial charge in [0.15, 0.2) is 0 Å². The molecule has 0 aliphatic rings. The zero-order valence-corrected chi connectivity index (χ0v) is 10.9. The number of nitrogen functional groups attached to an aromatic ring is 1. The number of pyridine rings is 1. The van der Waals surface area contributed by atoms with Crippen LogP contribution in [-0.4, -0.2) is 12.1 Å². The molecule has 0 spiro atoms. The second-order valence-electron chi connectivity index (χ2n) is 3.20. The first-order valence-electron chi connectivity index (χ1n) is 4.65. The number of hydrogen-bond donors (Lipinski definition) is 1. The van der Waals surface area contributed by atoms with E-state index in [1.54, 1.807) is 19.4 Å². The second kappa shape index (κ2) is 6.99. The molecule has 0 atom stereocenters. The number of nitrogens with two attached hydrogens (primary N) is 1. The summed E-state index contributed by atoms with van der Waals surface area (Å²) in [5, 5.41) is 0. The van der Waals surface area contributed by atoms with Gasteiger partial charge in [0.1, 0.15) is 11.6 Å². The Kier molecular flexibility index (Phi) is 6.39. The SMILES string of the molecule is COc1ccc(-c2ccc(N)nc2)cc1.Cl.Cl. The van der Waals surface area contributed by atoms with E-state index < -0.39 is 0 Å². The molecule has 0 fully saturated rings. The predicted octanol–water partition coefficient (Wildman–Crippen LogP) is 3.18. The number of ether oxygens (including phenoxy) is 1. The van der Waals surface area contributed by atoms with Gasteiger partial charge in [-0.2, -0.15) is 0 Å². The topological polar surface area (TPSA) is 48.1 Å². The van der Waals surface area contributed by atoms with E-state index in [1.165, 1.54) is 0 Å². The summed E-state index contributed by atoms with van der Waals surface area (Å²) in [7, 11) is 1.65. The number of hydrogen-bond acceptors (Lipinski definition) is 3. The first kappa shape index (κ1) is 15.6. The van der Waals surface area contributed by atoms with Crippen LogP contribution in [0.3, 0.4) is 0 Å². The molecule has 0 saturated carbocycles. The van der Waals surface area contributed by atoms with Gasteiger partial charge in [0.25, 0.3) is 0 Å². The minimum absolute atomic E-state index is 0. The molecule has 2 aromatic rings. The van der Waals surface area contributed by atoms with E-state index in [9.17, 15) is 0 Å². The molecule has 1 aromatic heterocycles. The lowest BCUT2D eigenvalue weighted by Crippen LogP contribution is -1.89. The van der Waals surface area contributed by atoms with Gasteiger partial charge >= 0.3 is 0 Å². The smallest absolute Gasteiger partial charge is 0.123 e. The molecule has 0 saturated heterocycles. The largest absolute Gasteiger partial charge is 0.497 e. The Bertz CT molecular complexity index is 443. The number of methoxy groups -OCH3 is 1. The van der Waals surface area contributed by atoms with E-state index in [1.807, 2.05) is 30.3 Å². The van der Waals surface area contributed by atoms with Gasteiger partial charge in [-0.1, -0.05) is 12.1 Å². The molecule has 2 N–H and O–H groups in total. The number of benzene rings is 1. The minimum atomic E-state index is 0. The van der Waals surface area contributed by atoms with Crippen LogP contribution in [-0.2, 0) is 0 Å². The number of rotatable bonds is 2. The number of halogens is 2. The molecule has 92 valence electrons. The first-order chi connectivity index (χ1) is 7.29. The van der Waals surface area contributed by atoms with E-state index >= 15 is 0 Å². The molecule has 0 radical (unpaired) electrons. The van der Waals surface area contributed by atoms with Crippen molar-refractivity contribution in [1.29, 1.82) is 0 Å². The van der Waals surface area contributed by atoms with Gasteiger partial charge in [0.05, 0.1) is 7.11 Å². The Hall–Kier alpha value is -1.45. The minimum Gasteiger partial charge on any atom is -0.497 e. The fourth-order valence-corrected chi connectivity index (χ4v) is 1.36. The highest BCUT2D eigenvalue weighted by Gasteiger charge is 1.98. The maximum atomic E-state index is 5.52. The lowest BCUT2D eigenvalue weighted by molar-refractivity contribution is 0.415. The van der Waals surface area contributed by atoms with Crippen molar-refractivity contribution in [3.05, 3.63) is 42.6 Å². The van der Waals surface area contributed by atoms with Crippen molar-refractivity contribution in [2.24, 2.45) is 0 Å². The number of nitrogens with zero attached hydrogens (tertiary/aromatic N) is 1. The van der Waals surface area contributed by atoms with Crippen LogP contribution in [0.2, 0.25) is 0 Å². The van der Waals surface area contributed by atoms with Crippen LogP contribution in [0.5, 0.6) is 5.75 Å². The summed E-state index contributed by atoms with van der Waals surface area (Å²) < 4.78 is 5.09. The molecule has 0 aliphatic carbocycles. The molecule has 0 unspecified atom stereocenters. The lowest BCUT2D eigenvalue weighted by Gasteiger charge is -2.03. The van der Waals surface area contributed by atoms with Gasteiger partial charge in [0.2, 0.25) is 0 Å². The summed E-state index contributed by atoms with van der Waals surface area (Å²) in [5.74, 6) is 1.38. The zero-order valence-electron chi connectivity index (χ0n) is 9.29. The fourth-order valence-electron chi connectivity index (χ4n) is 1.36. The third-order valence-corrected chi connectivity index (χ3v) is 2.21. The lowest BCUT2D eigenvalue weighted by atomic mass is 10.1. The van der Waals surface area contributed by atoms with Crippen molar-refractivity contribution in [3.8, 4) is 16.9 Å². The molecule has 1 heterocycles. The van der Waals surface area contributed by atoms with Gasteiger partial charge in [0, 0.05) is 11.8 Å². The van der Waals surface area contributed by atoms with Crippen LogP contribution in [0.1, 0.15) is 0 Å². The molecular formula is C12H14Cl2N2O. The van der Waals surface area contributed by atoms with Gasteiger partial charge in [-0.25, -0.2) is 4.98 Å². The second-order valence-corrected chi connectivity index (χ2v) is 3.20. The molecule has 3 nitrogen and oxygen atoms in total. The van der Waals surface area contributed by atoms with E-state index in [0.717, 1.165) is 16.9 Å². The van der Waals surface area contributed by atoms with Crippen LogP contribution >= 0.6 is 24.8 Å². The van der Waals surface area contributed by atoms with Crippen molar-refractivity contribution >= 4 is 30.6 Å². The highest BCUT2D eigenvalue weighted by Crippen LogP contribution is 2.21. The molecule has 17 heavy (non-hydrogen) atoms. The van der Waals surface area contributed by atoms with E-state index in [4.69, 9.17) is 10.5 Å². The fraction of sp³-hybridized carbons (Fsp3) is 0.0833. The van der Waals surface area contributed by atoms with Crippen molar-refractivity contribution in [2.45, 2.75) is 0 Å². The van der Waals surface area contributed by atoms with Crippen molar-refractivity contribution in [2.75, 3.05) is 12.8 Å². The molecule has 2 rings (SSSR count). The monoisotopic (exact) mass is 272 g/mol. The van der Waals surface area contributed by atoms with E-state index in [2.05, 4.69) is 4.98 Å². The Morgan fingerprint density at radius 1 is 0.941 bits per heavy atom. The van der Waals surface area contributed by atoms with Crippen LogP contribution in [0.25, 0.3) is 11.1 Å². The average Bonchev–Trinajstić information content (AvgIpc) is 2.30. The number of aromatic nitrogens is 1. The average molecular weight is 273 g/mol. The van der Waals surface area contributed by atoms with Gasteiger partial charge in [-0.3, -0.25) is 0 Å². The molecule has 5 heteroatoms. The van der Waals surface area contributed by atoms with Crippen molar-refractivity contribution in [1.82, 2.24) is 4.98 Å². The van der Waals surface area contributed by atoms with Crippen LogP contribution in [0.4, 0.5) is 5.82 Å². The van der Waals surface area contributed by atoms with Crippen molar-refractivity contribution < 1.29 is 4.74 Å². The standard InChI is InChI=1S/C12H12N2O.2ClH/c1-15-11-5-2-9(3-6-11)10-4-7-12(13)14-8-10;;/h2-8H,1H3,(H2,13,14);2*1H. The summed E-state index contributed by atoms with van der Waals surface area (Å²) in [6, 6.07) is 11.6. The third-order valence-electron chi connectivity index (χ3n) is 2.21. The summed E-state index contributed by atoms with van der Waals surface area (Å²) >= 11 is 0. The van der Waals surface area contributed by atoms with Crippen molar-refractivity contribution in [3.63, 3.8) is 0 Å². The van der Waals surface area contributed by atoms with E-state index in [0.29, 0.717) is 5.82 Å². The Balaban J connectivity index is 0.00000128. The quantitative estimate of drug-likeness (QED) is 0.914. The summed E-state index contributed by atoms with van der Waals surface area (Å²) in [5.41, 5.74) is 7.67. The highest BCUT2D eigenvalue weighted by molar-refractivity contribution is 5.85. The molecule has 0 aliphatic heterocycles. The van der Waals surface area contributed by atoms with E-state index in [-0.39, 0.29) is 24.8 Å². The van der Waals surface area contributed by atoms with Gasteiger partial charge in [-0.15, -0.1) is 24.8 Å².